The van der Waals surface area contributed by atoms with Crippen molar-refractivity contribution in [3.8, 4) is 17.1 Å². The van der Waals surface area contributed by atoms with Gasteiger partial charge in [0.15, 0.2) is 11.8 Å². The number of hydrogen-bond acceptors (Lipinski definition) is 5. The molecule has 0 bridgehead atoms. The van der Waals surface area contributed by atoms with Crippen molar-refractivity contribution in [2.24, 2.45) is 7.05 Å². The average molecular weight is 431 g/mol. The third-order valence-electron chi connectivity index (χ3n) is 5.35. The molecule has 4 rings (SSSR count). The highest BCUT2D eigenvalue weighted by Gasteiger charge is 2.25. The van der Waals surface area contributed by atoms with Crippen LogP contribution in [0.2, 0.25) is 0 Å². The minimum atomic E-state index is -0.487. The van der Waals surface area contributed by atoms with Crippen LogP contribution in [0.3, 0.4) is 0 Å². The number of benzene rings is 2. The molecule has 0 saturated carbocycles. The zero-order valence-electron chi connectivity index (χ0n) is 18.4. The van der Waals surface area contributed by atoms with Crippen molar-refractivity contribution in [3.63, 3.8) is 0 Å². The van der Waals surface area contributed by atoms with Gasteiger partial charge in [-0.2, -0.15) is 0 Å². The Morgan fingerprint density at radius 3 is 2.69 bits per heavy atom. The van der Waals surface area contributed by atoms with E-state index in [1.54, 1.807) is 13.3 Å². The molecule has 7 heteroatoms. The lowest BCUT2D eigenvalue weighted by molar-refractivity contribution is 0.0242. The molecule has 0 saturated heterocycles. The van der Waals surface area contributed by atoms with Gasteiger partial charge in [0.05, 0.1) is 7.11 Å². The van der Waals surface area contributed by atoms with E-state index < -0.39 is 12.1 Å². The van der Waals surface area contributed by atoms with Crippen molar-refractivity contribution >= 4 is 5.97 Å². The van der Waals surface area contributed by atoms with Crippen LogP contribution in [0, 0.1) is 6.92 Å². The van der Waals surface area contributed by atoms with Crippen molar-refractivity contribution in [1.82, 2.24) is 19.5 Å². The average Bonchev–Trinajstić information content (AvgIpc) is 3.42. The number of H-pyrrole nitrogens is 1. The summed E-state index contributed by atoms with van der Waals surface area (Å²) in [6, 6.07) is 17.6. The Balaban J connectivity index is 1.55. The Kier molecular flexibility index (Phi) is 6.35. The Morgan fingerprint density at radius 1 is 1.16 bits per heavy atom. The van der Waals surface area contributed by atoms with Crippen LogP contribution in [0.1, 0.15) is 40.1 Å². The van der Waals surface area contributed by atoms with E-state index in [4.69, 9.17) is 9.47 Å². The summed E-state index contributed by atoms with van der Waals surface area (Å²) in [6.07, 6.45) is 4.45. The maximum atomic E-state index is 13.1. The summed E-state index contributed by atoms with van der Waals surface area (Å²) in [4.78, 5) is 25.2. The molecule has 2 heterocycles. The van der Waals surface area contributed by atoms with Gasteiger partial charge < -0.3 is 19.0 Å². The molecule has 0 aliphatic rings. The monoisotopic (exact) mass is 430 g/mol. The lowest BCUT2D eigenvalue weighted by Gasteiger charge is -2.17. The summed E-state index contributed by atoms with van der Waals surface area (Å²) < 4.78 is 13.1. The highest BCUT2D eigenvalue weighted by atomic mass is 16.5. The first-order valence-corrected chi connectivity index (χ1v) is 10.5. The quantitative estimate of drug-likeness (QED) is 0.411. The van der Waals surface area contributed by atoms with Crippen LogP contribution in [-0.2, 0) is 18.2 Å². The van der Waals surface area contributed by atoms with Crippen LogP contribution in [0.15, 0.2) is 67.0 Å². The van der Waals surface area contributed by atoms with Gasteiger partial charge >= 0.3 is 5.97 Å². The lowest BCUT2D eigenvalue weighted by atomic mass is 10.1. The van der Waals surface area contributed by atoms with Crippen molar-refractivity contribution in [1.29, 1.82) is 0 Å². The van der Waals surface area contributed by atoms with E-state index in [9.17, 15) is 4.79 Å². The highest BCUT2D eigenvalue weighted by Crippen LogP contribution is 2.26. The Labute approximate surface area is 187 Å². The predicted molar refractivity (Wildman–Crippen MR) is 121 cm³/mol. The van der Waals surface area contributed by atoms with Crippen LogP contribution in [0.25, 0.3) is 11.4 Å². The van der Waals surface area contributed by atoms with E-state index in [0.717, 1.165) is 17.7 Å². The summed E-state index contributed by atoms with van der Waals surface area (Å²) >= 11 is 0. The van der Waals surface area contributed by atoms with Gasteiger partial charge in [0.1, 0.15) is 17.4 Å². The molecule has 0 amide bonds. The van der Waals surface area contributed by atoms with E-state index in [1.165, 1.54) is 5.56 Å². The first-order valence-electron chi connectivity index (χ1n) is 10.5. The van der Waals surface area contributed by atoms with Gasteiger partial charge in [0, 0.05) is 30.7 Å². The number of aryl methyl sites for hydroxylation is 3. The number of aromatic amines is 1. The van der Waals surface area contributed by atoms with E-state index >= 15 is 0 Å². The molecule has 0 fully saturated rings. The number of nitrogens with zero attached hydrogens (tertiary/aromatic N) is 3. The minimum Gasteiger partial charge on any atom is -0.497 e. The predicted octanol–water partition coefficient (Wildman–Crippen LogP) is 4.66. The fourth-order valence-electron chi connectivity index (χ4n) is 3.62. The van der Waals surface area contributed by atoms with Crippen molar-refractivity contribution in [3.05, 3.63) is 89.8 Å². The summed E-state index contributed by atoms with van der Waals surface area (Å²) in [6.45, 7) is 1.81. The van der Waals surface area contributed by atoms with Gasteiger partial charge in [-0.3, -0.25) is 0 Å². The maximum absolute atomic E-state index is 13.1. The number of esters is 1. The summed E-state index contributed by atoms with van der Waals surface area (Å²) in [5.41, 5.74) is 2.92. The molecular formula is C25H26N4O3. The number of carbonyl (C=O) groups excluding carboxylic acids is 1. The summed E-state index contributed by atoms with van der Waals surface area (Å²) in [5.74, 6) is 1.53. The SMILES string of the molecule is COc1cccc(-c2nc(C(=O)O[C@@H](CCc3ccccc3)c3nccn3C)c(C)[nH]2)c1. The zero-order chi connectivity index (χ0) is 22.5. The fourth-order valence-corrected chi connectivity index (χ4v) is 3.62. The summed E-state index contributed by atoms with van der Waals surface area (Å²) in [5, 5.41) is 0. The molecule has 2 aromatic heterocycles. The van der Waals surface area contributed by atoms with Crippen molar-refractivity contribution in [2.45, 2.75) is 25.9 Å². The van der Waals surface area contributed by atoms with Crippen molar-refractivity contribution in [2.75, 3.05) is 7.11 Å². The molecule has 7 nitrogen and oxygen atoms in total. The van der Waals surface area contributed by atoms with Gasteiger partial charge in [-0.1, -0.05) is 42.5 Å². The molecule has 32 heavy (non-hydrogen) atoms. The molecule has 0 aliphatic carbocycles. The number of methoxy groups -OCH3 is 1. The Morgan fingerprint density at radius 2 is 1.97 bits per heavy atom. The number of ether oxygens (including phenoxy) is 2. The van der Waals surface area contributed by atoms with Gasteiger partial charge in [-0.15, -0.1) is 0 Å². The smallest absolute Gasteiger partial charge is 0.359 e. The molecule has 1 atom stereocenters. The van der Waals surface area contributed by atoms with Crippen LogP contribution in [0.5, 0.6) is 5.75 Å². The number of carbonyl (C=O) groups is 1. The van der Waals surface area contributed by atoms with Gasteiger partial charge in [-0.05, 0) is 37.5 Å². The normalized spacial score (nSPS) is 11.8. The summed E-state index contributed by atoms with van der Waals surface area (Å²) in [7, 11) is 3.51. The van der Waals surface area contributed by atoms with E-state index in [1.807, 2.05) is 67.2 Å². The first kappa shape index (κ1) is 21.4. The third kappa shape index (κ3) is 4.72. The lowest BCUT2D eigenvalue weighted by Crippen LogP contribution is -2.17. The van der Waals surface area contributed by atoms with Gasteiger partial charge in [-0.25, -0.2) is 14.8 Å². The van der Waals surface area contributed by atoms with Crippen LogP contribution < -0.4 is 4.74 Å². The Bertz CT molecular complexity index is 1200. The van der Waals surface area contributed by atoms with E-state index in [0.29, 0.717) is 23.8 Å². The topological polar surface area (TPSA) is 82.0 Å². The number of imidazole rings is 2. The van der Waals surface area contributed by atoms with Crippen molar-refractivity contribution < 1.29 is 14.3 Å². The second-order valence-corrected chi connectivity index (χ2v) is 7.61. The molecule has 0 unspecified atom stereocenters. The standard InChI is InChI=1S/C25H26N4O3/c1-17-22(28-23(27-17)19-10-7-11-20(16-19)31-3)25(30)32-21(24-26-14-15-29(24)2)13-12-18-8-5-4-6-9-18/h4-11,14-16,21H,12-13H2,1-3H3,(H,27,28)/t21-/m0/s1. The Hall–Kier alpha value is -3.87. The number of nitrogens with one attached hydrogen (secondary N) is 1. The van der Waals surface area contributed by atoms with E-state index in [2.05, 4.69) is 27.1 Å². The van der Waals surface area contributed by atoms with Gasteiger partial charge in [0.25, 0.3) is 0 Å². The molecule has 2 aromatic carbocycles. The molecule has 4 aromatic rings. The van der Waals surface area contributed by atoms with Crippen LogP contribution in [-0.4, -0.2) is 32.6 Å². The molecule has 164 valence electrons. The first-order chi connectivity index (χ1) is 15.5. The molecule has 0 spiro atoms. The second kappa shape index (κ2) is 9.51. The maximum Gasteiger partial charge on any atom is 0.359 e. The fraction of sp³-hybridized carbons (Fsp3) is 0.240. The minimum absolute atomic E-state index is 0.266. The second-order valence-electron chi connectivity index (χ2n) is 7.61. The number of aromatic nitrogens is 4. The molecular weight excluding hydrogens is 404 g/mol. The van der Waals surface area contributed by atoms with E-state index in [-0.39, 0.29) is 5.69 Å². The molecule has 1 N–H and O–H groups in total. The number of rotatable bonds is 8. The highest BCUT2D eigenvalue weighted by molar-refractivity contribution is 5.89. The van der Waals surface area contributed by atoms with Gasteiger partial charge in [0.2, 0.25) is 0 Å². The molecule has 0 aliphatic heterocycles. The zero-order valence-corrected chi connectivity index (χ0v) is 18.4. The third-order valence-corrected chi connectivity index (χ3v) is 5.35. The van der Waals surface area contributed by atoms with Crippen LogP contribution >= 0.6 is 0 Å². The molecule has 0 radical (unpaired) electrons. The largest absolute Gasteiger partial charge is 0.497 e. The number of hydrogen-bond donors (Lipinski definition) is 1. The van der Waals surface area contributed by atoms with Crippen LogP contribution in [0.4, 0.5) is 0 Å².